The molecule has 0 aliphatic rings. The lowest BCUT2D eigenvalue weighted by Crippen LogP contribution is -2.27. The number of benzene rings is 1. The highest BCUT2D eigenvalue weighted by Crippen LogP contribution is 2.22. The molecule has 1 N–H and O–H groups in total. The number of ether oxygens (including phenoxy) is 1. The Morgan fingerprint density at radius 1 is 1.44 bits per heavy atom. The largest absolute Gasteiger partial charge is 0.491 e. The van der Waals surface area contributed by atoms with Crippen molar-refractivity contribution in [2.24, 2.45) is 0 Å². The summed E-state index contributed by atoms with van der Waals surface area (Å²) in [5.74, 6) is 0.00363. The van der Waals surface area contributed by atoms with Gasteiger partial charge in [-0.1, -0.05) is 0 Å². The highest BCUT2D eigenvalue weighted by molar-refractivity contribution is 5.49. The molecule has 16 heavy (non-hydrogen) atoms. The van der Waals surface area contributed by atoms with Crippen molar-refractivity contribution in [3.63, 3.8) is 0 Å². The van der Waals surface area contributed by atoms with Crippen LogP contribution in [-0.4, -0.2) is 33.8 Å². The van der Waals surface area contributed by atoms with Crippen LogP contribution in [0.5, 0.6) is 5.75 Å². The molecule has 0 unspecified atom stereocenters. The molecule has 1 aromatic rings. The molecular formula is C12H19FN2O. The van der Waals surface area contributed by atoms with Gasteiger partial charge in [0.25, 0.3) is 0 Å². The van der Waals surface area contributed by atoms with Crippen molar-refractivity contribution in [2.45, 2.75) is 6.92 Å². The molecule has 0 radical (unpaired) electrons. The first-order valence-electron chi connectivity index (χ1n) is 5.47. The monoisotopic (exact) mass is 226 g/mol. The predicted molar refractivity (Wildman–Crippen MR) is 64.8 cm³/mol. The summed E-state index contributed by atoms with van der Waals surface area (Å²) in [6.07, 6.45) is 0. The Labute approximate surface area is 96.2 Å². The summed E-state index contributed by atoms with van der Waals surface area (Å²) in [4.78, 5) is 2.00. The molecule has 0 fully saturated rings. The molecule has 1 aromatic carbocycles. The maximum Gasteiger partial charge on any atom is 0.167 e. The number of halogens is 1. The van der Waals surface area contributed by atoms with Gasteiger partial charge in [-0.05, 0) is 26.1 Å². The van der Waals surface area contributed by atoms with E-state index in [0.717, 1.165) is 18.8 Å². The normalized spacial score (nSPS) is 10.2. The highest BCUT2D eigenvalue weighted by atomic mass is 19.1. The van der Waals surface area contributed by atoms with Crippen LogP contribution in [0.3, 0.4) is 0 Å². The van der Waals surface area contributed by atoms with Crippen LogP contribution in [0.25, 0.3) is 0 Å². The fraction of sp³-hybridized carbons (Fsp3) is 0.500. The molecule has 0 bridgehead atoms. The second kappa shape index (κ2) is 6.33. The summed E-state index contributed by atoms with van der Waals surface area (Å²) in [6, 6.07) is 5.04. The van der Waals surface area contributed by atoms with Gasteiger partial charge in [0.15, 0.2) is 11.6 Å². The molecule has 90 valence electrons. The molecule has 0 spiro atoms. The van der Waals surface area contributed by atoms with Crippen molar-refractivity contribution in [3.8, 4) is 5.75 Å². The van der Waals surface area contributed by atoms with Crippen LogP contribution >= 0.6 is 0 Å². The van der Waals surface area contributed by atoms with Crippen LogP contribution in [0.15, 0.2) is 18.2 Å². The minimum atomic E-state index is -0.310. The number of rotatable bonds is 6. The molecule has 0 aromatic heterocycles. The molecule has 0 saturated carbocycles. The van der Waals surface area contributed by atoms with Gasteiger partial charge in [0.2, 0.25) is 0 Å². The maximum absolute atomic E-state index is 13.6. The lowest BCUT2D eigenvalue weighted by Gasteiger charge is -2.19. The summed E-state index contributed by atoms with van der Waals surface area (Å²) in [5, 5.41) is 3.05. The van der Waals surface area contributed by atoms with E-state index in [1.54, 1.807) is 6.07 Å². The van der Waals surface area contributed by atoms with Crippen LogP contribution in [-0.2, 0) is 0 Å². The molecule has 0 heterocycles. The van der Waals surface area contributed by atoms with Gasteiger partial charge in [-0.15, -0.1) is 0 Å². The Balaban J connectivity index is 2.71. The predicted octanol–water partition coefficient (Wildman–Crippen LogP) is 1.88. The quantitative estimate of drug-likeness (QED) is 0.801. The van der Waals surface area contributed by atoms with E-state index in [2.05, 4.69) is 5.32 Å². The summed E-state index contributed by atoms with van der Waals surface area (Å²) in [5.41, 5.74) is 0.858. The first kappa shape index (κ1) is 12.8. The fourth-order valence-electron chi connectivity index (χ4n) is 1.41. The van der Waals surface area contributed by atoms with Crippen molar-refractivity contribution >= 4 is 5.69 Å². The molecular weight excluding hydrogens is 207 g/mol. The average Bonchev–Trinajstić information content (AvgIpc) is 2.29. The summed E-state index contributed by atoms with van der Waals surface area (Å²) < 4.78 is 18.7. The van der Waals surface area contributed by atoms with Crippen LogP contribution < -0.4 is 15.0 Å². The van der Waals surface area contributed by atoms with Gasteiger partial charge in [-0.3, -0.25) is 0 Å². The Morgan fingerprint density at radius 3 is 2.75 bits per heavy atom. The summed E-state index contributed by atoms with van der Waals surface area (Å²) >= 11 is 0. The van der Waals surface area contributed by atoms with Crippen molar-refractivity contribution < 1.29 is 9.13 Å². The van der Waals surface area contributed by atoms with Crippen molar-refractivity contribution in [3.05, 3.63) is 24.0 Å². The third kappa shape index (κ3) is 3.38. The van der Waals surface area contributed by atoms with E-state index in [-0.39, 0.29) is 5.82 Å². The van der Waals surface area contributed by atoms with E-state index in [0.29, 0.717) is 12.4 Å². The Hall–Kier alpha value is -1.29. The fourth-order valence-corrected chi connectivity index (χ4v) is 1.41. The molecule has 0 saturated heterocycles. The minimum Gasteiger partial charge on any atom is -0.491 e. The number of anilines is 1. The topological polar surface area (TPSA) is 24.5 Å². The minimum absolute atomic E-state index is 0.310. The van der Waals surface area contributed by atoms with Crippen LogP contribution in [0, 0.1) is 5.82 Å². The van der Waals surface area contributed by atoms with E-state index in [1.807, 2.05) is 32.0 Å². The standard InChI is InChI=1S/C12H19FN2O/c1-4-16-12-6-5-10(9-11(12)13)15(3)8-7-14-2/h5-6,9,14H,4,7-8H2,1-3H3. The third-order valence-corrected chi connectivity index (χ3v) is 2.35. The molecule has 0 atom stereocenters. The van der Waals surface area contributed by atoms with E-state index >= 15 is 0 Å². The lowest BCUT2D eigenvalue weighted by molar-refractivity contribution is 0.321. The number of hydrogen-bond donors (Lipinski definition) is 1. The molecule has 1 rings (SSSR count). The average molecular weight is 226 g/mol. The second-order valence-electron chi connectivity index (χ2n) is 3.57. The smallest absolute Gasteiger partial charge is 0.167 e. The van der Waals surface area contributed by atoms with Crippen LogP contribution in [0.4, 0.5) is 10.1 Å². The van der Waals surface area contributed by atoms with Gasteiger partial charge in [0.05, 0.1) is 6.61 Å². The number of nitrogens with zero attached hydrogens (tertiary/aromatic N) is 1. The second-order valence-corrected chi connectivity index (χ2v) is 3.57. The van der Waals surface area contributed by atoms with Gasteiger partial charge in [0.1, 0.15) is 0 Å². The van der Waals surface area contributed by atoms with E-state index in [1.165, 1.54) is 6.07 Å². The first-order chi connectivity index (χ1) is 7.69. The maximum atomic E-state index is 13.6. The molecule has 0 aliphatic heterocycles. The van der Waals surface area contributed by atoms with Crippen molar-refractivity contribution in [2.75, 3.05) is 38.7 Å². The Bertz CT molecular complexity index is 331. The van der Waals surface area contributed by atoms with Gasteiger partial charge < -0.3 is 15.0 Å². The zero-order valence-electron chi connectivity index (χ0n) is 10.1. The van der Waals surface area contributed by atoms with E-state index < -0.39 is 0 Å². The van der Waals surface area contributed by atoms with Crippen molar-refractivity contribution in [1.82, 2.24) is 5.32 Å². The summed E-state index contributed by atoms with van der Waals surface area (Å²) in [7, 11) is 3.83. The molecule has 3 nitrogen and oxygen atoms in total. The summed E-state index contributed by atoms with van der Waals surface area (Å²) in [6.45, 7) is 4.02. The van der Waals surface area contributed by atoms with E-state index in [4.69, 9.17) is 4.74 Å². The zero-order chi connectivity index (χ0) is 12.0. The third-order valence-electron chi connectivity index (χ3n) is 2.35. The molecule has 0 amide bonds. The van der Waals surface area contributed by atoms with Gasteiger partial charge in [0, 0.05) is 31.9 Å². The first-order valence-corrected chi connectivity index (χ1v) is 5.47. The van der Waals surface area contributed by atoms with Crippen molar-refractivity contribution in [1.29, 1.82) is 0 Å². The number of nitrogens with one attached hydrogen (secondary N) is 1. The van der Waals surface area contributed by atoms with Gasteiger partial charge in [-0.2, -0.15) is 0 Å². The Morgan fingerprint density at radius 2 is 2.19 bits per heavy atom. The highest BCUT2D eigenvalue weighted by Gasteiger charge is 2.06. The lowest BCUT2D eigenvalue weighted by atomic mass is 10.2. The molecule has 4 heteroatoms. The van der Waals surface area contributed by atoms with Gasteiger partial charge in [-0.25, -0.2) is 4.39 Å². The van der Waals surface area contributed by atoms with Crippen LogP contribution in [0.1, 0.15) is 6.92 Å². The van der Waals surface area contributed by atoms with Gasteiger partial charge >= 0.3 is 0 Å². The van der Waals surface area contributed by atoms with Crippen LogP contribution in [0.2, 0.25) is 0 Å². The number of likely N-dealkylation sites (N-methyl/N-ethyl adjacent to an activating group) is 2. The SMILES string of the molecule is CCOc1ccc(N(C)CCNC)cc1F. The number of hydrogen-bond acceptors (Lipinski definition) is 3. The molecule has 0 aliphatic carbocycles. The van der Waals surface area contributed by atoms with E-state index in [9.17, 15) is 4.39 Å². The zero-order valence-corrected chi connectivity index (χ0v) is 10.1. The Kier molecular flexibility index (Phi) is 5.05.